The Labute approximate surface area is 216 Å². The molecule has 0 aromatic heterocycles. The van der Waals surface area contributed by atoms with Gasteiger partial charge in [-0.15, -0.1) is 0 Å². The Hall–Kier alpha value is -4.38. The SMILES string of the molecule is CCOc1ccc(N(CC(=O)N/N=C\c2ccc(OCC(=O)Nc3ccccc3)cc2)S(C)(=O)=O)cc1. The van der Waals surface area contributed by atoms with Gasteiger partial charge in [0, 0.05) is 5.69 Å². The van der Waals surface area contributed by atoms with Gasteiger partial charge in [0.15, 0.2) is 6.61 Å². The molecule has 0 atom stereocenters. The van der Waals surface area contributed by atoms with Crippen LogP contribution in [0.5, 0.6) is 11.5 Å². The van der Waals surface area contributed by atoms with E-state index < -0.39 is 22.5 Å². The van der Waals surface area contributed by atoms with Crippen molar-refractivity contribution < 1.29 is 27.5 Å². The summed E-state index contributed by atoms with van der Waals surface area (Å²) < 4.78 is 36.3. The molecule has 3 aromatic rings. The van der Waals surface area contributed by atoms with E-state index in [0.29, 0.717) is 35.0 Å². The molecule has 0 unspecified atom stereocenters. The van der Waals surface area contributed by atoms with Gasteiger partial charge in [-0.3, -0.25) is 13.9 Å². The quantitative estimate of drug-likeness (QED) is 0.277. The normalized spacial score (nSPS) is 11.1. The fourth-order valence-corrected chi connectivity index (χ4v) is 3.99. The molecular weight excluding hydrogens is 496 g/mol. The van der Waals surface area contributed by atoms with Crippen molar-refractivity contribution in [2.24, 2.45) is 5.10 Å². The van der Waals surface area contributed by atoms with Gasteiger partial charge >= 0.3 is 0 Å². The minimum absolute atomic E-state index is 0.149. The van der Waals surface area contributed by atoms with E-state index >= 15 is 0 Å². The largest absolute Gasteiger partial charge is 0.494 e. The van der Waals surface area contributed by atoms with Crippen LogP contribution in [0.3, 0.4) is 0 Å². The molecule has 0 aliphatic heterocycles. The van der Waals surface area contributed by atoms with Gasteiger partial charge in [0.2, 0.25) is 10.0 Å². The molecule has 194 valence electrons. The second-order valence-electron chi connectivity index (χ2n) is 7.76. The number of nitrogens with zero attached hydrogens (tertiary/aromatic N) is 2. The van der Waals surface area contributed by atoms with E-state index in [-0.39, 0.29) is 12.5 Å². The zero-order valence-electron chi connectivity index (χ0n) is 20.5. The average Bonchev–Trinajstić information content (AvgIpc) is 2.87. The fourth-order valence-electron chi connectivity index (χ4n) is 3.14. The number of rotatable bonds is 12. The molecule has 2 N–H and O–H groups in total. The zero-order chi connectivity index (χ0) is 26.7. The maximum Gasteiger partial charge on any atom is 0.262 e. The molecule has 0 heterocycles. The van der Waals surface area contributed by atoms with Gasteiger partial charge in [0.05, 0.1) is 24.8 Å². The van der Waals surface area contributed by atoms with E-state index in [0.717, 1.165) is 10.6 Å². The van der Waals surface area contributed by atoms with Gasteiger partial charge in [-0.25, -0.2) is 13.8 Å². The molecule has 0 saturated carbocycles. The topological polar surface area (TPSA) is 126 Å². The summed E-state index contributed by atoms with van der Waals surface area (Å²) in [4.78, 5) is 24.3. The lowest BCUT2D eigenvalue weighted by molar-refractivity contribution is -0.119. The van der Waals surface area contributed by atoms with Crippen molar-refractivity contribution in [1.29, 1.82) is 0 Å². The molecule has 0 aliphatic carbocycles. The third kappa shape index (κ3) is 8.97. The maximum atomic E-state index is 12.4. The van der Waals surface area contributed by atoms with Gasteiger partial charge in [0.1, 0.15) is 18.0 Å². The van der Waals surface area contributed by atoms with Crippen LogP contribution in [-0.4, -0.2) is 52.5 Å². The Kier molecular flexibility index (Phi) is 9.61. The van der Waals surface area contributed by atoms with Crippen LogP contribution in [0.4, 0.5) is 11.4 Å². The lowest BCUT2D eigenvalue weighted by Crippen LogP contribution is -2.39. The Morgan fingerprint density at radius 2 is 1.51 bits per heavy atom. The molecule has 3 aromatic carbocycles. The predicted molar refractivity (Wildman–Crippen MR) is 143 cm³/mol. The molecule has 0 aliphatic rings. The van der Waals surface area contributed by atoms with Crippen molar-refractivity contribution in [3.8, 4) is 11.5 Å². The Bertz CT molecular complexity index is 1310. The van der Waals surface area contributed by atoms with Crippen LogP contribution in [0.2, 0.25) is 0 Å². The molecule has 3 rings (SSSR count). The number of nitrogens with one attached hydrogen (secondary N) is 2. The molecule has 2 amide bonds. The summed E-state index contributed by atoms with van der Waals surface area (Å²) in [5.74, 6) is 0.192. The van der Waals surface area contributed by atoms with E-state index in [4.69, 9.17) is 9.47 Å². The van der Waals surface area contributed by atoms with Gasteiger partial charge in [0.25, 0.3) is 11.8 Å². The van der Waals surface area contributed by atoms with Crippen LogP contribution in [0, 0.1) is 0 Å². The monoisotopic (exact) mass is 524 g/mol. The van der Waals surface area contributed by atoms with E-state index in [1.165, 1.54) is 6.21 Å². The number of carbonyl (C=O) groups excluding carboxylic acids is 2. The number of hydrazone groups is 1. The van der Waals surface area contributed by atoms with E-state index in [1.807, 2.05) is 25.1 Å². The summed E-state index contributed by atoms with van der Waals surface area (Å²) in [6, 6.07) is 22.2. The summed E-state index contributed by atoms with van der Waals surface area (Å²) in [6.07, 6.45) is 2.43. The number of ether oxygens (including phenoxy) is 2. The van der Waals surface area contributed by atoms with Crippen LogP contribution in [0.1, 0.15) is 12.5 Å². The van der Waals surface area contributed by atoms with Crippen molar-refractivity contribution in [1.82, 2.24) is 5.43 Å². The third-order valence-corrected chi connectivity index (χ3v) is 5.97. The lowest BCUT2D eigenvalue weighted by Gasteiger charge is -2.21. The highest BCUT2D eigenvalue weighted by molar-refractivity contribution is 7.92. The van der Waals surface area contributed by atoms with Crippen molar-refractivity contribution >= 4 is 39.4 Å². The number of hydrogen-bond acceptors (Lipinski definition) is 7. The number of carbonyl (C=O) groups is 2. The Morgan fingerprint density at radius 1 is 0.892 bits per heavy atom. The minimum Gasteiger partial charge on any atom is -0.494 e. The van der Waals surface area contributed by atoms with Gasteiger partial charge < -0.3 is 14.8 Å². The predicted octanol–water partition coefficient (Wildman–Crippen LogP) is 3.02. The lowest BCUT2D eigenvalue weighted by atomic mass is 10.2. The minimum atomic E-state index is -3.71. The molecule has 11 heteroatoms. The summed E-state index contributed by atoms with van der Waals surface area (Å²) in [5, 5.41) is 6.62. The molecule has 0 spiro atoms. The van der Waals surface area contributed by atoms with Gasteiger partial charge in [-0.05, 0) is 73.2 Å². The van der Waals surface area contributed by atoms with Crippen LogP contribution < -0.4 is 24.5 Å². The van der Waals surface area contributed by atoms with E-state index in [1.54, 1.807) is 60.7 Å². The number of amides is 2. The second kappa shape index (κ2) is 13.1. The summed E-state index contributed by atoms with van der Waals surface area (Å²) in [5.41, 5.74) is 4.00. The van der Waals surface area contributed by atoms with Crippen LogP contribution in [0.25, 0.3) is 0 Å². The molecule has 0 saturated heterocycles. The summed E-state index contributed by atoms with van der Waals surface area (Å²) in [7, 11) is -3.71. The molecule has 0 fully saturated rings. The Balaban J connectivity index is 1.49. The van der Waals surface area contributed by atoms with E-state index in [2.05, 4.69) is 15.8 Å². The van der Waals surface area contributed by atoms with Crippen molar-refractivity contribution in [2.75, 3.05) is 35.6 Å². The molecule has 37 heavy (non-hydrogen) atoms. The highest BCUT2D eigenvalue weighted by Gasteiger charge is 2.20. The fraction of sp³-hybridized carbons (Fsp3) is 0.192. The first-order valence-corrected chi connectivity index (χ1v) is 13.2. The number of hydrogen-bond donors (Lipinski definition) is 2. The number of para-hydroxylation sites is 1. The molecular formula is C26H28N4O6S. The summed E-state index contributed by atoms with van der Waals surface area (Å²) >= 11 is 0. The maximum absolute atomic E-state index is 12.4. The van der Waals surface area contributed by atoms with Crippen molar-refractivity contribution in [2.45, 2.75) is 6.92 Å². The zero-order valence-corrected chi connectivity index (χ0v) is 21.3. The van der Waals surface area contributed by atoms with Crippen LogP contribution in [-0.2, 0) is 19.6 Å². The van der Waals surface area contributed by atoms with Crippen molar-refractivity contribution in [3.05, 3.63) is 84.4 Å². The molecule has 0 bridgehead atoms. The first-order valence-electron chi connectivity index (χ1n) is 11.3. The second-order valence-corrected chi connectivity index (χ2v) is 9.67. The van der Waals surface area contributed by atoms with Gasteiger partial charge in [-0.2, -0.15) is 5.10 Å². The standard InChI is InChI=1S/C26H28N4O6S/c1-3-35-23-15-11-22(12-16-23)30(37(2,33)34)18-25(31)29-27-17-20-9-13-24(14-10-20)36-19-26(32)28-21-7-5-4-6-8-21/h4-17H,3,18-19H2,1-2H3,(H,28,32)(H,29,31)/b27-17-. The number of benzene rings is 3. The third-order valence-electron chi connectivity index (χ3n) is 4.83. The molecule has 10 nitrogen and oxygen atoms in total. The highest BCUT2D eigenvalue weighted by Crippen LogP contribution is 2.21. The van der Waals surface area contributed by atoms with Gasteiger partial charge in [-0.1, -0.05) is 18.2 Å². The average molecular weight is 525 g/mol. The molecule has 0 radical (unpaired) electrons. The smallest absolute Gasteiger partial charge is 0.262 e. The van der Waals surface area contributed by atoms with Crippen LogP contribution >= 0.6 is 0 Å². The Morgan fingerprint density at radius 3 is 2.14 bits per heavy atom. The highest BCUT2D eigenvalue weighted by atomic mass is 32.2. The van der Waals surface area contributed by atoms with Crippen molar-refractivity contribution in [3.63, 3.8) is 0 Å². The first kappa shape index (κ1) is 27.2. The number of sulfonamides is 1. The van der Waals surface area contributed by atoms with E-state index in [9.17, 15) is 18.0 Å². The number of anilines is 2. The first-order chi connectivity index (χ1) is 17.7. The van der Waals surface area contributed by atoms with Crippen LogP contribution in [0.15, 0.2) is 84.0 Å². The summed E-state index contributed by atoms with van der Waals surface area (Å²) in [6.45, 7) is 1.74.